The summed E-state index contributed by atoms with van der Waals surface area (Å²) in [5, 5.41) is 8.95. The molecular weight excluding hydrogens is 242 g/mol. The maximum absolute atomic E-state index is 12.5. The van der Waals surface area contributed by atoms with Gasteiger partial charge in [-0.2, -0.15) is 0 Å². The van der Waals surface area contributed by atoms with E-state index in [2.05, 4.69) is 0 Å². The van der Waals surface area contributed by atoms with Gasteiger partial charge in [-0.15, -0.1) is 0 Å². The molecule has 1 unspecified atom stereocenters. The number of hydrogen-bond donors (Lipinski definition) is 1. The van der Waals surface area contributed by atoms with Gasteiger partial charge in [-0.05, 0) is 44.4 Å². The fraction of sp³-hybridized carbons (Fsp3) is 0.467. The molecule has 1 aromatic rings. The lowest BCUT2D eigenvalue weighted by atomic mass is 10.0. The first-order valence-electron chi connectivity index (χ1n) is 6.47. The van der Waals surface area contributed by atoms with Gasteiger partial charge in [0.05, 0.1) is 0 Å². The lowest BCUT2D eigenvalue weighted by Gasteiger charge is -2.27. The van der Waals surface area contributed by atoms with E-state index < -0.39 is 5.97 Å². The first kappa shape index (κ1) is 15.2. The third-order valence-electron chi connectivity index (χ3n) is 3.52. The highest BCUT2D eigenvalue weighted by molar-refractivity contribution is 5.97. The Bertz CT molecular complexity index is 482. The van der Waals surface area contributed by atoms with E-state index in [-0.39, 0.29) is 18.5 Å². The number of carboxylic acids is 1. The topological polar surface area (TPSA) is 57.6 Å². The van der Waals surface area contributed by atoms with Gasteiger partial charge < -0.3 is 10.0 Å². The van der Waals surface area contributed by atoms with Crippen molar-refractivity contribution in [1.82, 2.24) is 4.90 Å². The zero-order valence-electron chi connectivity index (χ0n) is 11.9. The highest BCUT2D eigenvalue weighted by Crippen LogP contribution is 2.17. The van der Waals surface area contributed by atoms with Crippen LogP contribution in [0.3, 0.4) is 0 Å². The number of nitrogens with zero attached hydrogens (tertiary/aromatic N) is 1. The summed E-state index contributed by atoms with van der Waals surface area (Å²) in [4.78, 5) is 24.9. The van der Waals surface area contributed by atoms with Crippen molar-refractivity contribution in [2.24, 2.45) is 0 Å². The molecule has 4 heteroatoms. The minimum Gasteiger partial charge on any atom is -0.480 e. The second-order valence-electron chi connectivity index (χ2n) is 4.83. The molecule has 0 bridgehead atoms. The van der Waals surface area contributed by atoms with Crippen molar-refractivity contribution >= 4 is 11.9 Å². The van der Waals surface area contributed by atoms with Crippen LogP contribution >= 0.6 is 0 Å². The lowest BCUT2D eigenvalue weighted by Crippen LogP contribution is -2.42. The molecule has 0 aromatic heterocycles. The Morgan fingerprint density at radius 1 is 1.32 bits per heavy atom. The molecule has 19 heavy (non-hydrogen) atoms. The normalized spacial score (nSPS) is 12.0. The van der Waals surface area contributed by atoms with Gasteiger partial charge in [-0.25, -0.2) is 0 Å². The van der Waals surface area contributed by atoms with Gasteiger partial charge in [0.25, 0.3) is 5.91 Å². The molecule has 0 aliphatic rings. The van der Waals surface area contributed by atoms with Gasteiger partial charge in [-0.1, -0.05) is 19.1 Å². The first-order chi connectivity index (χ1) is 8.88. The van der Waals surface area contributed by atoms with Crippen LogP contribution in [0.25, 0.3) is 0 Å². The van der Waals surface area contributed by atoms with Crippen LogP contribution < -0.4 is 0 Å². The van der Waals surface area contributed by atoms with Crippen molar-refractivity contribution in [3.63, 3.8) is 0 Å². The highest BCUT2D eigenvalue weighted by Gasteiger charge is 2.24. The van der Waals surface area contributed by atoms with Crippen LogP contribution in [0.15, 0.2) is 18.2 Å². The van der Waals surface area contributed by atoms with E-state index >= 15 is 0 Å². The Morgan fingerprint density at radius 2 is 1.95 bits per heavy atom. The third-order valence-corrected chi connectivity index (χ3v) is 3.52. The number of carbonyl (C=O) groups is 2. The summed E-state index contributed by atoms with van der Waals surface area (Å²) in [5.74, 6) is -1.20. The Balaban J connectivity index is 3.11. The standard InChI is InChI=1S/C15H21NO3/c1-5-11(3)16(9-14(17)18)15(19)13-8-6-7-10(2)12(13)4/h6-8,11H,5,9H2,1-4H3,(H,17,18). The third kappa shape index (κ3) is 3.56. The van der Waals surface area contributed by atoms with Crippen LogP contribution in [0.5, 0.6) is 0 Å². The molecule has 0 fully saturated rings. The molecule has 0 spiro atoms. The molecule has 0 aliphatic heterocycles. The molecule has 1 aromatic carbocycles. The molecule has 0 aliphatic carbocycles. The zero-order valence-corrected chi connectivity index (χ0v) is 11.9. The Kier molecular flexibility index (Phi) is 5.10. The van der Waals surface area contributed by atoms with E-state index in [0.29, 0.717) is 5.56 Å². The SMILES string of the molecule is CCC(C)N(CC(=O)O)C(=O)c1cccc(C)c1C. The van der Waals surface area contributed by atoms with Crippen LogP contribution in [0, 0.1) is 13.8 Å². The van der Waals surface area contributed by atoms with E-state index in [9.17, 15) is 9.59 Å². The smallest absolute Gasteiger partial charge is 0.323 e. The molecule has 0 radical (unpaired) electrons. The molecule has 104 valence electrons. The summed E-state index contributed by atoms with van der Waals surface area (Å²) < 4.78 is 0. The van der Waals surface area contributed by atoms with E-state index in [1.807, 2.05) is 39.8 Å². The summed E-state index contributed by atoms with van der Waals surface area (Å²) in [6.07, 6.45) is 0.726. The highest BCUT2D eigenvalue weighted by atomic mass is 16.4. The molecule has 4 nitrogen and oxygen atoms in total. The predicted octanol–water partition coefficient (Wildman–Crippen LogP) is 2.63. The second kappa shape index (κ2) is 6.36. The number of carbonyl (C=O) groups excluding carboxylic acids is 1. The zero-order chi connectivity index (χ0) is 14.6. The van der Waals surface area contributed by atoms with Gasteiger partial charge in [0, 0.05) is 11.6 Å². The Morgan fingerprint density at radius 3 is 2.47 bits per heavy atom. The first-order valence-corrected chi connectivity index (χ1v) is 6.47. The van der Waals surface area contributed by atoms with Crippen molar-refractivity contribution in [2.45, 2.75) is 40.2 Å². The van der Waals surface area contributed by atoms with Crippen molar-refractivity contribution in [2.75, 3.05) is 6.54 Å². The summed E-state index contributed by atoms with van der Waals surface area (Å²) in [7, 11) is 0. The summed E-state index contributed by atoms with van der Waals surface area (Å²) in [6, 6.07) is 5.42. The number of rotatable bonds is 5. The fourth-order valence-corrected chi connectivity index (χ4v) is 1.93. The number of benzene rings is 1. The molecule has 0 saturated heterocycles. The quantitative estimate of drug-likeness (QED) is 0.888. The van der Waals surface area contributed by atoms with Gasteiger partial charge in [-0.3, -0.25) is 9.59 Å². The Labute approximate surface area is 114 Å². The molecule has 1 atom stereocenters. The number of aryl methyl sites for hydroxylation is 1. The van der Waals surface area contributed by atoms with Crippen LogP contribution in [-0.2, 0) is 4.79 Å². The Hall–Kier alpha value is -1.84. The van der Waals surface area contributed by atoms with Crippen molar-refractivity contribution < 1.29 is 14.7 Å². The molecule has 1 rings (SSSR count). The van der Waals surface area contributed by atoms with E-state index in [1.54, 1.807) is 6.07 Å². The minimum atomic E-state index is -0.987. The number of aliphatic carboxylic acids is 1. The van der Waals surface area contributed by atoms with Crippen LogP contribution in [0.2, 0.25) is 0 Å². The van der Waals surface area contributed by atoms with Crippen LogP contribution in [0.1, 0.15) is 41.8 Å². The second-order valence-corrected chi connectivity index (χ2v) is 4.83. The summed E-state index contributed by atoms with van der Waals surface area (Å²) in [6.45, 7) is 7.37. The average molecular weight is 263 g/mol. The monoisotopic (exact) mass is 263 g/mol. The van der Waals surface area contributed by atoms with Gasteiger partial charge in [0.2, 0.25) is 0 Å². The maximum atomic E-state index is 12.5. The molecule has 1 N–H and O–H groups in total. The van der Waals surface area contributed by atoms with Crippen LogP contribution in [-0.4, -0.2) is 34.5 Å². The van der Waals surface area contributed by atoms with Crippen molar-refractivity contribution in [1.29, 1.82) is 0 Å². The van der Waals surface area contributed by atoms with Gasteiger partial charge in [0.1, 0.15) is 6.54 Å². The van der Waals surface area contributed by atoms with E-state index in [4.69, 9.17) is 5.11 Å². The number of carboxylic acid groups (broad SMARTS) is 1. The largest absolute Gasteiger partial charge is 0.480 e. The summed E-state index contributed by atoms with van der Waals surface area (Å²) in [5.41, 5.74) is 2.53. The average Bonchev–Trinajstić information content (AvgIpc) is 2.37. The number of amides is 1. The van der Waals surface area contributed by atoms with Crippen molar-refractivity contribution in [3.8, 4) is 0 Å². The maximum Gasteiger partial charge on any atom is 0.323 e. The molecular formula is C15H21NO3. The fourth-order valence-electron chi connectivity index (χ4n) is 1.93. The van der Waals surface area contributed by atoms with Crippen LogP contribution in [0.4, 0.5) is 0 Å². The molecule has 0 heterocycles. The number of hydrogen-bond acceptors (Lipinski definition) is 2. The van der Waals surface area contributed by atoms with E-state index in [1.165, 1.54) is 4.90 Å². The summed E-state index contributed by atoms with van der Waals surface area (Å²) >= 11 is 0. The van der Waals surface area contributed by atoms with Crippen molar-refractivity contribution in [3.05, 3.63) is 34.9 Å². The lowest BCUT2D eigenvalue weighted by molar-refractivity contribution is -0.138. The molecule has 1 amide bonds. The predicted molar refractivity (Wildman–Crippen MR) is 74.3 cm³/mol. The van der Waals surface area contributed by atoms with Gasteiger partial charge >= 0.3 is 5.97 Å². The van der Waals surface area contributed by atoms with E-state index in [0.717, 1.165) is 17.5 Å². The molecule has 0 saturated carbocycles. The van der Waals surface area contributed by atoms with Gasteiger partial charge in [0.15, 0.2) is 0 Å². The minimum absolute atomic E-state index is 0.0940.